The van der Waals surface area contributed by atoms with E-state index >= 15 is 0 Å². The van der Waals surface area contributed by atoms with Crippen molar-refractivity contribution in [3.8, 4) is 11.3 Å². The van der Waals surface area contributed by atoms with Crippen LogP contribution in [0.2, 0.25) is 0 Å². The summed E-state index contributed by atoms with van der Waals surface area (Å²) in [6.45, 7) is 4.22. The molecule has 0 atom stereocenters. The lowest BCUT2D eigenvalue weighted by Crippen LogP contribution is -2.07. The van der Waals surface area contributed by atoms with E-state index in [1.807, 2.05) is 55.5 Å². The third-order valence-corrected chi connectivity index (χ3v) is 4.09. The maximum absolute atomic E-state index is 11.7. The molecule has 3 aromatic rings. The minimum absolute atomic E-state index is 0.232. The quantitative estimate of drug-likeness (QED) is 0.481. The highest BCUT2D eigenvalue weighted by Crippen LogP contribution is 2.27. The first-order valence-electron chi connectivity index (χ1n) is 7.86. The van der Waals surface area contributed by atoms with Gasteiger partial charge in [0.15, 0.2) is 0 Å². The monoisotopic (exact) mass is 338 g/mol. The van der Waals surface area contributed by atoms with Crippen LogP contribution in [0.4, 0.5) is 0 Å². The SMILES string of the molecule is CCOC(=O)Cc1cccc(-c2cc(=S)c3cc(C)ccc3o2)c1. The van der Waals surface area contributed by atoms with Crippen molar-refractivity contribution in [2.24, 2.45) is 0 Å². The Kier molecular flexibility index (Phi) is 4.76. The summed E-state index contributed by atoms with van der Waals surface area (Å²) in [5.41, 5.74) is 3.69. The van der Waals surface area contributed by atoms with Gasteiger partial charge in [0, 0.05) is 17.0 Å². The summed E-state index contributed by atoms with van der Waals surface area (Å²) in [6.07, 6.45) is 0.245. The van der Waals surface area contributed by atoms with Crippen LogP contribution >= 0.6 is 12.2 Å². The second-order valence-corrected chi connectivity index (χ2v) is 6.10. The predicted octanol–water partition coefficient (Wildman–Crippen LogP) is 5.24. The van der Waals surface area contributed by atoms with Crippen LogP contribution in [0, 0.1) is 11.4 Å². The maximum atomic E-state index is 11.7. The molecule has 1 heterocycles. The van der Waals surface area contributed by atoms with Gasteiger partial charge >= 0.3 is 5.97 Å². The largest absolute Gasteiger partial charge is 0.466 e. The lowest BCUT2D eigenvalue weighted by atomic mass is 10.1. The first-order chi connectivity index (χ1) is 11.6. The van der Waals surface area contributed by atoms with E-state index in [2.05, 4.69) is 0 Å². The van der Waals surface area contributed by atoms with E-state index in [9.17, 15) is 4.79 Å². The van der Waals surface area contributed by atoms with Gasteiger partial charge in [-0.15, -0.1) is 0 Å². The molecule has 0 saturated heterocycles. The summed E-state index contributed by atoms with van der Waals surface area (Å²) in [5.74, 6) is 0.464. The molecule has 0 radical (unpaired) electrons. The highest BCUT2D eigenvalue weighted by Gasteiger charge is 2.08. The fourth-order valence-corrected chi connectivity index (χ4v) is 2.89. The second kappa shape index (κ2) is 6.97. The van der Waals surface area contributed by atoms with Gasteiger partial charge in [0.05, 0.1) is 17.5 Å². The molecule has 3 nitrogen and oxygen atoms in total. The zero-order valence-electron chi connectivity index (χ0n) is 13.7. The van der Waals surface area contributed by atoms with Crippen LogP contribution in [0.1, 0.15) is 18.1 Å². The summed E-state index contributed by atoms with van der Waals surface area (Å²) in [6, 6.07) is 15.5. The molecule has 0 amide bonds. The van der Waals surface area contributed by atoms with Crippen molar-refractivity contribution >= 4 is 29.2 Å². The highest BCUT2D eigenvalue weighted by atomic mass is 32.1. The first-order valence-corrected chi connectivity index (χ1v) is 8.27. The van der Waals surface area contributed by atoms with E-state index in [1.165, 1.54) is 0 Å². The van der Waals surface area contributed by atoms with E-state index in [0.29, 0.717) is 12.4 Å². The van der Waals surface area contributed by atoms with Gasteiger partial charge in [0.25, 0.3) is 0 Å². The molecule has 24 heavy (non-hydrogen) atoms. The fourth-order valence-electron chi connectivity index (χ4n) is 2.63. The Morgan fingerprint density at radius 2 is 2.00 bits per heavy atom. The van der Waals surface area contributed by atoms with Crippen LogP contribution in [0.25, 0.3) is 22.3 Å². The van der Waals surface area contributed by atoms with Gasteiger partial charge in [0.1, 0.15) is 11.3 Å². The fraction of sp³-hybridized carbons (Fsp3) is 0.200. The number of ether oxygens (including phenoxy) is 1. The summed E-state index contributed by atoms with van der Waals surface area (Å²) < 4.78 is 11.8. The van der Waals surface area contributed by atoms with Gasteiger partial charge in [-0.2, -0.15) is 0 Å². The van der Waals surface area contributed by atoms with E-state index in [1.54, 1.807) is 6.92 Å². The molecule has 0 aliphatic carbocycles. The molecular formula is C20H18O3S. The average Bonchev–Trinajstić information content (AvgIpc) is 2.56. The number of hydrogen-bond donors (Lipinski definition) is 0. The molecule has 0 saturated carbocycles. The number of aryl methyl sites for hydroxylation is 1. The average molecular weight is 338 g/mol. The molecule has 0 bridgehead atoms. The highest BCUT2D eigenvalue weighted by molar-refractivity contribution is 7.71. The number of carbonyl (C=O) groups is 1. The molecule has 0 fully saturated rings. The second-order valence-electron chi connectivity index (χ2n) is 5.66. The van der Waals surface area contributed by atoms with Gasteiger partial charge in [-0.05, 0) is 37.6 Å². The topological polar surface area (TPSA) is 39.4 Å². The number of hydrogen-bond acceptors (Lipinski definition) is 4. The van der Waals surface area contributed by atoms with Crippen LogP contribution in [-0.4, -0.2) is 12.6 Å². The van der Waals surface area contributed by atoms with Crippen molar-refractivity contribution in [3.05, 3.63) is 64.2 Å². The third-order valence-electron chi connectivity index (χ3n) is 3.75. The van der Waals surface area contributed by atoms with E-state index in [4.69, 9.17) is 21.4 Å². The van der Waals surface area contributed by atoms with Crippen molar-refractivity contribution in [2.75, 3.05) is 6.61 Å². The molecule has 0 spiro atoms. The molecule has 0 unspecified atom stereocenters. The van der Waals surface area contributed by atoms with E-state index in [0.717, 1.165) is 32.2 Å². The van der Waals surface area contributed by atoms with E-state index < -0.39 is 0 Å². The molecule has 122 valence electrons. The summed E-state index contributed by atoms with van der Waals surface area (Å²) in [5, 5.41) is 0.941. The van der Waals surface area contributed by atoms with Crippen LogP contribution < -0.4 is 0 Å². The molecular weight excluding hydrogens is 320 g/mol. The lowest BCUT2D eigenvalue weighted by molar-refractivity contribution is -0.142. The normalized spacial score (nSPS) is 10.8. The number of fused-ring (bicyclic) bond motifs is 1. The molecule has 0 N–H and O–H groups in total. The molecule has 1 aromatic heterocycles. The lowest BCUT2D eigenvalue weighted by Gasteiger charge is -2.07. The van der Waals surface area contributed by atoms with Crippen LogP contribution in [0.5, 0.6) is 0 Å². The van der Waals surface area contributed by atoms with Crippen LogP contribution in [-0.2, 0) is 16.0 Å². The standard InChI is InChI=1S/C20H18O3S/c1-3-22-20(21)11-14-5-4-6-15(10-14)18-12-19(24)16-9-13(2)7-8-17(16)23-18/h4-10,12H,3,11H2,1-2H3. The van der Waals surface area contributed by atoms with Crippen LogP contribution in [0.15, 0.2) is 52.9 Å². The zero-order valence-corrected chi connectivity index (χ0v) is 14.5. The number of rotatable bonds is 4. The number of benzene rings is 2. The van der Waals surface area contributed by atoms with Gasteiger partial charge in [0.2, 0.25) is 0 Å². The van der Waals surface area contributed by atoms with Crippen molar-refractivity contribution in [2.45, 2.75) is 20.3 Å². The smallest absolute Gasteiger partial charge is 0.310 e. The van der Waals surface area contributed by atoms with Crippen molar-refractivity contribution in [1.82, 2.24) is 0 Å². The number of esters is 1. The van der Waals surface area contributed by atoms with Gasteiger partial charge in [-0.1, -0.05) is 42.0 Å². The Morgan fingerprint density at radius 3 is 2.79 bits per heavy atom. The Bertz CT molecular complexity index is 957. The minimum atomic E-state index is -0.232. The minimum Gasteiger partial charge on any atom is -0.466 e. The number of carbonyl (C=O) groups excluding carboxylic acids is 1. The molecule has 4 heteroatoms. The van der Waals surface area contributed by atoms with Crippen molar-refractivity contribution < 1.29 is 13.9 Å². The van der Waals surface area contributed by atoms with Gasteiger partial charge in [-0.3, -0.25) is 4.79 Å². The first kappa shape index (κ1) is 16.4. The molecule has 0 aliphatic rings. The Hall–Kier alpha value is -2.46. The maximum Gasteiger partial charge on any atom is 0.310 e. The van der Waals surface area contributed by atoms with Crippen molar-refractivity contribution in [3.63, 3.8) is 0 Å². The zero-order chi connectivity index (χ0) is 17.1. The summed E-state index contributed by atoms with van der Waals surface area (Å²) in [4.78, 5) is 11.7. The molecule has 2 aromatic carbocycles. The predicted molar refractivity (Wildman–Crippen MR) is 97.6 cm³/mol. The Balaban J connectivity index is 2.00. The molecule has 0 aliphatic heterocycles. The summed E-state index contributed by atoms with van der Waals surface area (Å²) >= 11 is 5.50. The Morgan fingerprint density at radius 1 is 1.17 bits per heavy atom. The van der Waals surface area contributed by atoms with Crippen LogP contribution in [0.3, 0.4) is 0 Å². The van der Waals surface area contributed by atoms with E-state index in [-0.39, 0.29) is 12.4 Å². The Labute approximate surface area is 145 Å². The van der Waals surface area contributed by atoms with Crippen molar-refractivity contribution in [1.29, 1.82) is 0 Å². The molecule has 3 rings (SSSR count). The third kappa shape index (κ3) is 3.54. The van der Waals surface area contributed by atoms with Gasteiger partial charge < -0.3 is 9.15 Å². The summed E-state index contributed by atoms with van der Waals surface area (Å²) in [7, 11) is 0. The van der Waals surface area contributed by atoms with Gasteiger partial charge in [-0.25, -0.2) is 0 Å².